The molecule has 4 nitrogen and oxygen atoms in total. The fraction of sp³-hybridized carbons (Fsp3) is 0.800. The molecule has 59 valence electrons. The van der Waals surface area contributed by atoms with Gasteiger partial charge < -0.3 is 9.79 Å². The van der Waals surface area contributed by atoms with Gasteiger partial charge in [-0.15, -0.1) is 0 Å². The van der Waals surface area contributed by atoms with Gasteiger partial charge in [0.25, 0.3) is 0 Å². The smallest absolute Gasteiger partial charge is 0.303 e. The normalized spacial score (nSPS) is 21.8. The van der Waals surface area contributed by atoms with Crippen LogP contribution in [0.15, 0.2) is 0 Å². The number of phosphoric acid groups is 1. The van der Waals surface area contributed by atoms with E-state index in [1.54, 1.807) is 6.42 Å². The Morgan fingerprint density at radius 3 is 2.70 bits per heavy atom. The van der Waals surface area contributed by atoms with Crippen molar-refractivity contribution in [2.75, 3.05) is 0 Å². The highest BCUT2D eigenvalue weighted by Gasteiger charge is 2.24. The second-order valence-corrected chi connectivity index (χ2v) is 3.49. The van der Waals surface area contributed by atoms with E-state index in [2.05, 4.69) is 4.52 Å². The van der Waals surface area contributed by atoms with E-state index in [9.17, 15) is 4.57 Å². The van der Waals surface area contributed by atoms with Gasteiger partial charge in [-0.25, -0.2) is 4.57 Å². The van der Waals surface area contributed by atoms with Crippen LogP contribution in [0.4, 0.5) is 0 Å². The van der Waals surface area contributed by atoms with Crippen molar-refractivity contribution in [2.45, 2.75) is 25.4 Å². The molecule has 5 heteroatoms. The average molecular weight is 165 g/mol. The van der Waals surface area contributed by atoms with Gasteiger partial charge in [0.15, 0.2) is 0 Å². The maximum absolute atomic E-state index is 10.2. The Kier molecular flexibility index (Phi) is 2.47. The van der Waals surface area contributed by atoms with Crippen molar-refractivity contribution in [3.63, 3.8) is 0 Å². The van der Waals surface area contributed by atoms with E-state index in [0.717, 1.165) is 19.3 Å². The van der Waals surface area contributed by atoms with E-state index in [1.165, 1.54) is 0 Å². The Morgan fingerprint density at radius 1 is 1.60 bits per heavy atom. The van der Waals surface area contributed by atoms with Crippen molar-refractivity contribution in [3.05, 3.63) is 6.42 Å². The van der Waals surface area contributed by atoms with E-state index >= 15 is 0 Å². The first-order chi connectivity index (χ1) is 4.58. The molecular formula is C5H10O4P. The molecule has 1 atom stereocenters. The summed E-state index contributed by atoms with van der Waals surface area (Å²) in [5.74, 6) is 0. The zero-order valence-electron chi connectivity index (χ0n) is 5.43. The Morgan fingerprint density at radius 2 is 2.30 bits per heavy atom. The van der Waals surface area contributed by atoms with Gasteiger partial charge in [0.05, 0.1) is 6.10 Å². The van der Waals surface area contributed by atoms with E-state index < -0.39 is 7.82 Å². The van der Waals surface area contributed by atoms with Crippen LogP contribution < -0.4 is 0 Å². The molecule has 1 radical (unpaired) electrons. The van der Waals surface area contributed by atoms with Crippen LogP contribution in [0.25, 0.3) is 0 Å². The summed E-state index contributed by atoms with van der Waals surface area (Å²) in [6.07, 6.45) is 4.04. The minimum absolute atomic E-state index is 0.333. The zero-order valence-corrected chi connectivity index (χ0v) is 6.33. The molecule has 0 heterocycles. The summed E-state index contributed by atoms with van der Waals surface area (Å²) in [6, 6.07) is 0. The molecule has 1 saturated carbocycles. The van der Waals surface area contributed by atoms with Crippen LogP contribution in [-0.4, -0.2) is 15.9 Å². The summed E-state index contributed by atoms with van der Waals surface area (Å²) in [5.41, 5.74) is 0. The van der Waals surface area contributed by atoms with Crippen molar-refractivity contribution in [1.82, 2.24) is 0 Å². The van der Waals surface area contributed by atoms with Gasteiger partial charge in [-0.3, -0.25) is 4.52 Å². The fourth-order valence-corrected chi connectivity index (χ4v) is 1.56. The third-order valence-corrected chi connectivity index (χ3v) is 1.94. The monoisotopic (exact) mass is 165 g/mol. The molecule has 1 rings (SSSR count). The van der Waals surface area contributed by atoms with Gasteiger partial charge in [0.1, 0.15) is 0 Å². The highest BCUT2D eigenvalue weighted by Crippen LogP contribution is 2.40. The summed E-state index contributed by atoms with van der Waals surface area (Å²) in [6.45, 7) is 0. The highest BCUT2D eigenvalue weighted by atomic mass is 31.2. The van der Waals surface area contributed by atoms with Gasteiger partial charge in [0.2, 0.25) is 0 Å². The van der Waals surface area contributed by atoms with E-state index in [0.29, 0.717) is 0 Å². The van der Waals surface area contributed by atoms with Crippen molar-refractivity contribution in [3.8, 4) is 0 Å². The predicted octanol–water partition coefficient (Wildman–Crippen LogP) is 0.852. The summed E-state index contributed by atoms with van der Waals surface area (Å²) in [7, 11) is -4.25. The maximum Gasteiger partial charge on any atom is 0.469 e. The van der Waals surface area contributed by atoms with Gasteiger partial charge in [-0.1, -0.05) is 6.42 Å². The SMILES string of the molecule is O=P(O)(O)OC1[CH]CCC1. The summed E-state index contributed by atoms with van der Waals surface area (Å²) in [4.78, 5) is 16.7. The Bertz CT molecular complexity index is 146. The number of hydrogen-bond acceptors (Lipinski definition) is 2. The first-order valence-electron chi connectivity index (χ1n) is 3.15. The molecular weight excluding hydrogens is 155 g/mol. The topological polar surface area (TPSA) is 66.8 Å². The van der Waals surface area contributed by atoms with Crippen LogP contribution in [0.1, 0.15) is 19.3 Å². The lowest BCUT2D eigenvalue weighted by atomic mass is 10.3. The molecule has 0 bridgehead atoms. The minimum Gasteiger partial charge on any atom is -0.303 e. The first kappa shape index (κ1) is 8.21. The van der Waals surface area contributed by atoms with Crippen molar-refractivity contribution >= 4 is 7.82 Å². The molecule has 0 aromatic rings. The van der Waals surface area contributed by atoms with Crippen molar-refractivity contribution in [1.29, 1.82) is 0 Å². The van der Waals surface area contributed by atoms with Crippen LogP contribution in [0.2, 0.25) is 0 Å². The number of hydrogen-bond donors (Lipinski definition) is 2. The molecule has 0 amide bonds. The molecule has 0 aromatic carbocycles. The van der Waals surface area contributed by atoms with Crippen molar-refractivity contribution in [2.24, 2.45) is 0 Å². The molecule has 0 aromatic heterocycles. The van der Waals surface area contributed by atoms with Gasteiger partial charge >= 0.3 is 7.82 Å². The molecule has 2 N–H and O–H groups in total. The van der Waals surface area contributed by atoms with Crippen LogP contribution in [0.3, 0.4) is 0 Å². The second-order valence-electron chi connectivity index (χ2n) is 2.30. The van der Waals surface area contributed by atoms with E-state index in [-0.39, 0.29) is 6.10 Å². The highest BCUT2D eigenvalue weighted by molar-refractivity contribution is 7.46. The second kappa shape index (κ2) is 3.01. The molecule has 0 saturated heterocycles. The van der Waals surface area contributed by atoms with E-state index in [1.807, 2.05) is 0 Å². The largest absolute Gasteiger partial charge is 0.469 e. The van der Waals surface area contributed by atoms with Gasteiger partial charge in [-0.05, 0) is 19.3 Å². The van der Waals surface area contributed by atoms with Crippen molar-refractivity contribution < 1.29 is 18.9 Å². The lowest BCUT2D eigenvalue weighted by Gasteiger charge is -2.10. The predicted molar refractivity (Wildman–Crippen MR) is 35.1 cm³/mol. The maximum atomic E-state index is 10.2. The summed E-state index contributed by atoms with van der Waals surface area (Å²) in [5, 5.41) is 0. The zero-order chi connectivity index (χ0) is 7.61. The van der Waals surface area contributed by atoms with Crippen LogP contribution in [0, 0.1) is 6.42 Å². The number of phosphoric ester groups is 1. The Hall–Kier alpha value is 0.110. The van der Waals surface area contributed by atoms with Crippen LogP contribution in [-0.2, 0) is 9.09 Å². The summed E-state index contributed by atoms with van der Waals surface area (Å²) >= 11 is 0. The Labute approximate surface area is 59.4 Å². The molecule has 1 aliphatic rings. The molecule has 1 fully saturated rings. The third kappa shape index (κ3) is 2.80. The van der Waals surface area contributed by atoms with E-state index in [4.69, 9.17) is 9.79 Å². The molecule has 1 unspecified atom stereocenters. The molecule has 0 spiro atoms. The molecule has 1 aliphatic carbocycles. The average Bonchev–Trinajstić information content (AvgIpc) is 2.12. The first-order valence-corrected chi connectivity index (χ1v) is 4.68. The Balaban J connectivity index is 2.31. The lowest BCUT2D eigenvalue weighted by molar-refractivity contribution is 0.156. The quantitative estimate of drug-likeness (QED) is 0.595. The van der Waals surface area contributed by atoms with Gasteiger partial charge in [0, 0.05) is 0 Å². The lowest BCUT2D eigenvalue weighted by Crippen LogP contribution is -2.05. The third-order valence-electron chi connectivity index (χ3n) is 1.40. The standard InChI is InChI=1S/C5H10O4P/c6-10(7,8)9-5-3-1-2-4-5/h3,5H,1-2,4H2,(H2,6,7,8). The molecule has 0 aliphatic heterocycles. The number of rotatable bonds is 2. The van der Waals surface area contributed by atoms with Crippen LogP contribution in [0.5, 0.6) is 0 Å². The van der Waals surface area contributed by atoms with Gasteiger partial charge in [-0.2, -0.15) is 0 Å². The molecule has 10 heavy (non-hydrogen) atoms. The van der Waals surface area contributed by atoms with Crippen LogP contribution >= 0.6 is 7.82 Å². The fourth-order valence-electron chi connectivity index (χ4n) is 1.01. The minimum atomic E-state index is -4.25. The summed E-state index contributed by atoms with van der Waals surface area (Å²) < 4.78 is 14.6.